The van der Waals surface area contributed by atoms with Crippen molar-refractivity contribution >= 4 is 23.2 Å². The van der Waals surface area contributed by atoms with Gasteiger partial charge in [0.1, 0.15) is 6.33 Å². The van der Waals surface area contributed by atoms with Crippen molar-refractivity contribution in [2.75, 3.05) is 18.4 Å². The van der Waals surface area contributed by atoms with Gasteiger partial charge in [-0.25, -0.2) is 4.68 Å². The van der Waals surface area contributed by atoms with E-state index in [1.807, 2.05) is 6.92 Å². The molecule has 2 heterocycles. The van der Waals surface area contributed by atoms with Gasteiger partial charge in [0.25, 0.3) is 0 Å². The number of carbonyl (C=O) groups is 1. The fourth-order valence-electron chi connectivity index (χ4n) is 2.32. The van der Waals surface area contributed by atoms with Gasteiger partial charge in [-0.2, -0.15) is 0 Å². The molecule has 3 rings (SSSR count). The summed E-state index contributed by atoms with van der Waals surface area (Å²) in [5, 5.41) is 17.6. The van der Waals surface area contributed by atoms with Crippen molar-refractivity contribution in [3.05, 3.63) is 29.5 Å². The highest BCUT2D eigenvalue weighted by Crippen LogP contribution is 2.30. The highest BCUT2D eigenvalue weighted by molar-refractivity contribution is 6.33. The summed E-state index contributed by atoms with van der Waals surface area (Å²) in [6, 6.07) is 5.25. The van der Waals surface area contributed by atoms with Crippen LogP contribution in [0.25, 0.3) is 5.69 Å². The maximum absolute atomic E-state index is 12.4. The molecule has 1 aromatic heterocycles. The summed E-state index contributed by atoms with van der Waals surface area (Å²) < 4.78 is 1.50. The third-order valence-corrected chi connectivity index (χ3v) is 4.06. The van der Waals surface area contributed by atoms with Gasteiger partial charge in [0.2, 0.25) is 5.91 Å². The molecule has 0 bridgehead atoms. The molecule has 0 saturated carbocycles. The topological polar surface area (TPSA) is 84.7 Å². The van der Waals surface area contributed by atoms with Gasteiger partial charge in [-0.3, -0.25) is 4.79 Å². The van der Waals surface area contributed by atoms with Crippen molar-refractivity contribution in [1.82, 2.24) is 25.5 Å². The molecule has 1 unspecified atom stereocenters. The predicted octanol–water partition coefficient (Wildman–Crippen LogP) is 1.25. The van der Waals surface area contributed by atoms with Gasteiger partial charge in [0.15, 0.2) is 0 Å². The minimum absolute atomic E-state index is 0.0386. The first-order valence-electron chi connectivity index (χ1n) is 6.64. The van der Waals surface area contributed by atoms with Crippen molar-refractivity contribution in [3.63, 3.8) is 0 Å². The molecule has 7 nitrogen and oxygen atoms in total. The zero-order valence-electron chi connectivity index (χ0n) is 11.5. The zero-order chi connectivity index (χ0) is 14.9. The van der Waals surface area contributed by atoms with Crippen molar-refractivity contribution in [2.45, 2.75) is 13.3 Å². The van der Waals surface area contributed by atoms with Crippen LogP contribution in [0, 0.1) is 5.41 Å². The minimum Gasteiger partial charge on any atom is -0.324 e. The van der Waals surface area contributed by atoms with E-state index in [1.165, 1.54) is 11.0 Å². The lowest BCUT2D eigenvalue weighted by Gasteiger charge is -2.22. The van der Waals surface area contributed by atoms with Crippen LogP contribution < -0.4 is 10.6 Å². The molecule has 21 heavy (non-hydrogen) atoms. The summed E-state index contributed by atoms with van der Waals surface area (Å²) in [7, 11) is 0. The minimum atomic E-state index is -0.409. The van der Waals surface area contributed by atoms with E-state index in [2.05, 4.69) is 26.2 Å². The highest BCUT2D eigenvalue weighted by Gasteiger charge is 2.36. The molecular formula is C13H15ClN6O. The van der Waals surface area contributed by atoms with Gasteiger partial charge >= 0.3 is 0 Å². The summed E-state index contributed by atoms with van der Waals surface area (Å²) in [6.07, 6.45) is 2.29. The normalized spacial score (nSPS) is 21.4. The number of anilines is 1. The Morgan fingerprint density at radius 1 is 1.52 bits per heavy atom. The van der Waals surface area contributed by atoms with Crippen molar-refractivity contribution in [3.8, 4) is 5.69 Å². The van der Waals surface area contributed by atoms with Crippen LogP contribution in [-0.4, -0.2) is 39.2 Å². The van der Waals surface area contributed by atoms with E-state index in [4.69, 9.17) is 11.6 Å². The van der Waals surface area contributed by atoms with E-state index in [1.54, 1.807) is 18.2 Å². The van der Waals surface area contributed by atoms with Gasteiger partial charge in [-0.15, -0.1) is 5.10 Å². The average molecular weight is 307 g/mol. The third kappa shape index (κ3) is 2.74. The first-order chi connectivity index (χ1) is 10.1. The van der Waals surface area contributed by atoms with E-state index in [-0.39, 0.29) is 5.91 Å². The van der Waals surface area contributed by atoms with Crippen LogP contribution in [-0.2, 0) is 4.79 Å². The molecule has 1 aliphatic rings. The number of rotatable bonds is 3. The van der Waals surface area contributed by atoms with E-state index in [0.29, 0.717) is 17.3 Å². The maximum Gasteiger partial charge on any atom is 0.231 e. The number of nitrogens with zero attached hydrogens (tertiary/aromatic N) is 4. The first-order valence-corrected chi connectivity index (χ1v) is 7.01. The van der Waals surface area contributed by atoms with E-state index in [9.17, 15) is 4.79 Å². The zero-order valence-corrected chi connectivity index (χ0v) is 12.3. The summed E-state index contributed by atoms with van der Waals surface area (Å²) in [4.78, 5) is 12.4. The number of hydrogen-bond donors (Lipinski definition) is 2. The van der Waals surface area contributed by atoms with Gasteiger partial charge in [-0.05, 0) is 48.5 Å². The molecule has 1 aromatic carbocycles. The van der Waals surface area contributed by atoms with Crippen molar-refractivity contribution in [2.24, 2.45) is 5.41 Å². The van der Waals surface area contributed by atoms with Crippen LogP contribution in [0.3, 0.4) is 0 Å². The Kier molecular flexibility index (Phi) is 3.60. The Hall–Kier alpha value is -1.99. The van der Waals surface area contributed by atoms with Crippen molar-refractivity contribution in [1.29, 1.82) is 0 Å². The lowest BCUT2D eigenvalue weighted by molar-refractivity contribution is -0.123. The standard InChI is InChI=1S/C13H15ClN6O/c1-13(4-5-15-7-13)12(21)17-11-6-9(2-3-10(11)14)20-8-16-18-19-20/h2-3,6,8,15H,4-5,7H2,1H3,(H,17,21). The highest BCUT2D eigenvalue weighted by atomic mass is 35.5. The largest absolute Gasteiger partial charge is 0.324 e. The summed E-state index contributed by atoms with van der Waals surface area (Å²) in [5.74, 6) is -0.0386. The van der Waals surface area contributed by atoms with Crippen LogP contribution in [0.15, 0.2) is 24.5 Å². The quantitative estimate of drug-likeness (QED) is 0.891. The summed E-state index contributed by atoms with van der Waals surface area (Å²) in [6.45, 7) is 3.47. The fraction of sp³-hybridized carbons (Fsp3) is 0.385. The second-order valence-electron chi connectivity index (χ2n) is 5.36. The van der Waals surface area contributed by atoms with Gasteiger partial charge in [-0.1, -0.05) is 11.6 Å². The van der Waals surface area contributed by atoms with Crippen LogP contribution in [0.2, 0.25) is 5.02 Å². The number of tetrazole rings is 1. The molecule has 1 amide bonds. The summed E-state index contributed by atoms with van der Waals surface area (Å²) >= 11 is 6.16. The molecule has 1 atom stereocenters. The molecule has 1 fully saturated rings. The van der Waals surface area contributed by atoms with Crippen LogP contribution in [0.5, 0.6) is 0 Å². The Balaban J connectivity index is 1.85. The third-order valence-electron chi connectivity index (χ3n) is 3.73. The Bertz CT molecular complexity index is 651. The molecule has 0 spiro atoms. The first kappa shape index (κ1) is 14.0. The van der Waals surface area contributed by atoms with Crippen LogP contribution in [0.1, 0.15) is 13.3 Å². The number of nitrogens with one attached hydrogen (secondary N) is 2. The molecule has 2 N–H and O–H groups in total. The number of carbonyl (C=O) groups excluding carboxylic acids is 1. The van der Waals surface area contributed by atoms with E-state index in [0.717, 1.165) is 18.7 Å². The summed E-state index contributed by atoms with van der Waals surface area (Å²) in [5.41, 5.74) is 0.880. The lowest BCUT2D eigenvalue weighted by atomic mass is 9.89. The lowest BCUT2D eigenvalue weighted by Crippen LogP contribution is -2.35. The predicted molar refractivity (Wildman–Crippen MR) is 78.4 cm³/mol. The number of benzene rings is 1. The van der Waals surface area contributed by atoms with E-state index >= 15 is 0 Å². The van der Waals surface area contributed by atoms with E-state index < -0.39 is 5.41 Å². The number of aromatic nitrogens is 4. The van der Waals surface area contributed by atoms with Gasteiger partial charge < -0.3 is 10.6 Å². The number of halogens is 1. The second kappa shape index (κ2) is 5.42. The maximum atomic E-state index is 12.4. The average Bonchev–Trinajstić information content (AvgIpc) is 3.13. The molecule has 0 aliphatic carbocycles. The Morgan fingerprint density at radius 3 is 3.05 bits per heavy atom. The molecule has 2 aromatic rings. The molecule has 1 saturated heterocycles. The number of amides is 1. The van der Waals surface area contributed by atoms with Crippen molar-refractivity contribution < 1.29 is 4.79 Å². The smallest absolute Gasteiger partial charge is 0.231 e. The second-order valence-corrected chi connectivity index (χ2v) is 5.77. The van der Waals surface area contributed by atoms with Gasteiger partial charge in [0.05, 0.1) is 21.8 Å². The van der Waals surface area contributed by atoms with Gasteiger partial charge in [0, 0.05) is 6.54 Å². The Morgan fingerprint density at radius 2 is 2.38 bits per heavy atom. The monoisotopic (exact) mass is 306 g/mol. The molecule has 1 aliphatic heterocycles. The molecular weight excluding hydrogens is 292 g/mol. The molecule has 8 heteroatoms. The SMILES string of the molecule is CC1(C(=O)Nc2cc(-n3cnnn3)ccc2Cl)CCNC1. The fourth-order valence-corrected chi connectivity index (χ4v) is 2.48. The van der Waals surface area contributed by atoms with Crippen LogP contribution >= 0.6 is 11.6 Å². The van der Waals surface area contributed by atoms with Crippen LogP contribution in [0.4, 0.5) is 5.69 Å². The molecule has 0 radical (unpaired) electrons. The number of hydrogen-bond acceptors (Lipinski definition) is 5. The Labute approximate surface area is 126 Å². The molecule has 110 valence electrons.